The van der Waals surface area contributed by atoms with E-state index in [0.717, 1.165) is 10.5 Å². The number of hydrogen-bond donors (Lipinski definition) is 1. The molecule has 0 atom stereocenters. The molecule has 8 heteroatoms. The predicted octanol–water partition coefficient (Wildman–Crippen LogP) is 3.49. The number of ether oxygens (including phenoxy) is 1. The van der Waals surface area contributed by atoms with E-state index in [1.54, 1.807) is 60.7 Å². The number of imide groups is 2. The van der Waals surface area contributed by atoms with Crippen LogP contribution >= 0.6 is 0 Å². The number of methoxy groups -OCH3 is 1. The Morgan fingerprint density at radius 3 is 2.35 bits per heavy atom. The highest BCUT2D eigenvalue weighted by Gasteiger charge is 2.37. The van der Waals surface area contributed by atoms with Gasteiger partial charge in [0.05, 0.1) is 24.4 Å². The van der Waals surface area contributed by atoms with E-state index in [4.69, 9.17) is 14.4 Å². The summed E-state index contributed by atoms with van der Waals surface area (Å²) in [6, 6.07) is 17.6. The van der Waals surface area contributed by atoms with Gasteiger partial charge in [-0.2, -0.15) is 5.26 Å². The third-order valence-corrected chi connectivity index (χ3v) is 4.64. The Hall–Kier alpha value is -4.64. The molecule has 4 rings (SSSR count). The van der Waals surface area contributed by atoms with E-state index in [2.05, 4.69) is 5.32 Å². The fourth-order valence-corrected chi connectivity index (χ4v) is 3.06. The summed E-state index contributed by atoms with van der Waals surface area (Å²) in [5, 5.41) is 11.1. The number of hydrogen-bond acceptors (Lipinski definition) is 6. The highest BCUT2D eigenvalue weighted by atomic mass is 16.5. The van der Waals surface area contributed by atoms with Gasteiger partial charge in [-0.3, -0.25) is 14.9 Å². The summed E-state index contributed by atoms with van der Waals surface area (Å²) >= 11 is 0. The quantitative estimate of drug-likeness (QED) is 0.517. The minimum absolute atomic E-state index is 0.240. The number of carbonyl (C=O) groups excluding carboxylic acids is 3. The van der Waals surface area contributed by atoms with Gasteiger partial charge in [0, 0.05) is 5.56 Å². The molecular formula is C23H15N3O5. The van der Waals surface area contributed by atoms with Crippen LogP contribution in [0.4, 0.5) is 10.5 Å². The molecule has 0 bridgehead atoms. The van der Waals surface area contributed by atoms with E-state index >= 15 is 0 Å². The Labute approximate surface area is 176 Å². The highest BCUT2D eigenvalue weighted by molar-refractivity contribution is 6.39. The maximum atomic E-state index is 12.9. The topological polar surface area (TPSA) is 113 Å². The third kappa shape index (κ3) is 3.80. The van der Waals surface area contributed by atoms with Gasteiger partial charge in [-0.05, 0) is 66.7 Å². The first kappa shape index (κ1) is 19.7. The molecule has 1 N–H and O–H groups in total. The summed E-state index contributed by atoms with van der Waals surface area (Å²) in [4.78, 5) is 38.4. The molecule has 2 heterocycles. The van der Waals surface area contributed by atoms with Crippen LogP contribution < -0.4 is 15.0 Å². The van der Waals surface area contributed by atoms with Gasteiger partial charge >= 0.3 is 6.03 Å². The van der Waals surface area contributed by atoms with Crippen molar-refractivity contribution in [1.82, 2.24) is 5.32 Å². The van der Waals surface area contributed by atoms with Crippen LogP contribution in [0.2, 0.25) is 0 Å². The number of barbiturate groups is 1. The van der Waals surface area contributed by atoms with Crippen LogP contribution in [-0.4, -0.2) is 25.0 Å². The number of rotatable bonds is 4. The molecule has 2 aromatic carbocycles. The molecule has 152 valence electrons. The summed E-state index contributed by atoms with van der Waals surface area (Å²) < 4.78 is 10.8. The van der Waals surface area contributed by atoms with Crippen molar-refractivity contribution in [3.8, 4) is 23.1 Å². The number of nitrogens with zero attached hydrogens (tertiary/aromatic N) is 2. The first-order valence-electron chi connectivity index (χ1n) is 9.16. The highest BCUT2D eigenvalue weighted by Crippen LogP contribution is 2.27. The van der Waals surface area contributed by atoms with Crippen LogP contribution in [0, 0.1) is 11.3 Å². The molecule has 1 aliphatic rings. The van der Waals surface area contributed by atoms with E-state index in [-0.39, 0.29) is 11.3 Å². The van der Waals surface area contributed by atoms with Gasteiger partial charge in [0.1, 0.15) is 22.8 Å². The lowest BCUT2D eigenvalue weighted by atomic mass is 10.1. The third-order valence-electron chi connectivity index (χ3n) is 4.64. The Morgan fingerprint density at radius 1 is 1.00 bits per heavy atom. The van der Waals surface area contributed by atoms with E-state index in [1.165, 1.54) is 13.2 Å². The zero-order valence-electron chi connectivity index (χ0n) is 16.3. The van der Waals surface area contributed by atoms with Crippen molar-refractivity contribution in [3.05, 3.63) is 77.6 Å². The smallest absolute Gasteiger partial charge is 0.335 e. The van der Waals surface area contributed by atoms with Gasteiger partial charge in [0.2, 0.25) is 0 Å². The minimum atomic E-state index is -0.838. The normalized spacial score (nSPS) is 15.0. The molecule has 3 aromatic rings. The molecular weight excluding hydrogens is 398 g/mol. The van der Waals surface area contributed by atoms with Crippen molar-refractivity contribution in [1.29, 1.82) is 5.26 Å². The number of anilines is 1. The lowest BCUT2D eigenvalue weighted by Gasteiger charge is -2.26. The number of urea groups is 1. The number of benzene rings is 2. The summed E-state index contributed by atoms with van der Waals surface area (Å²) in [6.45, 7) is 0. The number of nitriles is 1. The van der Waals surface area contributed by atoms with Crippen molar-refractivity contribution in [2.45, 2.75) is 0 Å². The van der Waals surface area contributed by atoms with Crippen LogP contribution in [0.15, 0.2) is 70.7 Å². The molecule has 0 radical (unpaired) electrons. The second-order valence-corrected chi connectivity index (χ2v) is 6.55. The molecule has 1 aliphatic heterocycles. The van der Waals surface area contributed by atoms with Crippen molar-refractivity contribution in [2.24, 2.45) is 0 Å². The molecule has 1 fully saturated rings. The molecule has 0 unspecified atom stereocenters. The molecule has 0 aliphatic carbocycles. The SMILES string of the molecule is COc1ccc(N2C(=O)NC(=O)/C(=C\c3ccc(-c4ccc(C#N)cc4)o3)C2=O)cc1. The zero-order chi connectivity index (χ0) is 22.0. The molecule has 0 spiro atoms. The van der Waals surface area contributed by atoms with Crippen LogP contribution in [0.3, 0.4) is 0 Å². The van der Waals surface area contributed by atoms with Gasteiger partial charge in [0.15, 0.2) is 0 Å². The minimum Gasteiger partial charge on any atom is -0.497 e. The maximum Gasteiger partial charge on any atom is 0.335 e. The summed E-state index contributed by atoms with van der Waals surface area (Å²) in [6.07, 6.45) is 1.29. The van der Waals surface area contributed by atoms with Crippen LogP contribution in [0.1, 0.15) is 11.3 Å². The van der Waals surface area contributed by atoms with Crippen molar-refractivity contribution in [3.63, 3.8) is 0 Å². The summed E-state index contributed by atoms with van der Waals surface area (Å²) in [5.74, 6) is -0.248. The fourth-order valence-electron chi connectivity index (χ4n) is 3.06. The van der Waals surface area contributed by atoms with E-state index < -0.39 is 17.8 Å². The van der Waals surface area contributed by atoms with Crippen molar-refractivity contribution in [2.75, 3.05) is 12.0 Å². The predicted molar refractivity (Wildman–Crippen MR) is 111 cm³/mol. The molecule has 8 nitrogen and oxygen atoms in total. The van der Waals surface area contributed by atoms with Gasteiger partial charge in [0.25, 0.3) is 11.8 Å². The summed E-state index contributed by atoms with van der Waals surface area (Å²) in [7, 11) is 1.50. The molecule has 4 amide bonds. The second kappa shape index (κ2) is 8.00. The van der Waals surface area contributed by atoms with Crippen LogP contribution in [-0.2, 0) is 9.59 Å². The van der Waals surface area contributed by atoms with Gasteiger partial charge in [-0.1, -0.05) is 0 Å². The average Bonchev–Trinajstić information content (AvgIpc) is 3.26. The summed E-state index contributed by atoms with van der Waals surface area (Å²) in [5.41, 5.74) is 1.30. The van der Waals surface area contributed by atoms with Crippen LogP contribution in [0.5, 0.6) is 5.75 Å². The van der Waals surface area contributed by atoms with Crippen LogP contribution in [0.25, 0.3) is 17.4 Å². The Kier molecular flexibility index (Phi) is 5.08. The molecule has 1 aromatic heterocycles. The number of amides is 4. The second-order valence-electron chi connectivity index (χ2n) is 6.55. The Morgan fingerprint density at radius 2 is 1.71 bits per heavy atom. The van der Waals surface area contributed by atoms with Gasteiger partial charge < -0.3 is 9.15 Å². The molecule has 1 saturated heterocycles. The van der Waals surface area contributed by atoms with Gasteiger partial charge in [-0.15, -0.1) is 0 Å². The Balaban J connectivity index is 1.64. The maximum absolute atomic E-state index is 12.9. The monoisotopic (exact) mass is 413 g/mol. The molecule has 0 saturated carbocycles. The van der Waals surface area contributed by atoms with Crippen molar-refractivity contribution >= 4 is 29.6 Å². The lowest BCUT2D eigenvalue weighted by molar-refractivity contribution is -0.122. The van der Waals surface area contributed by atoms with E-state index in [1.807, 2.05) is 6.07 Å². The largest absolute Gasteiger partial charge is 0.497 e. The standard InChI is InChI=1S/C23H15N3O5/c1-30-17-8-6-16(7-9-17)26-22(28)19(21(27)25-23(26)29)12-18-10-11-20(31-18)15-4-2-14(13-24)3-5-15/h2-12H,1H3,(H,25,27,29)/b19-12+. The van der Waals surface area contributed by atoms with Gasteiger partial charge in [-0.25, -0.2) is 9.69 Å². The fraction of sp³-hybridized carbons (Fsp3) is 0.0435. The molecule has 31 heavy (non-hydrogen) atoms. The van der Waals surface area contributed by atoms with E-state index in [0.29, 0.717) is 22.8 Å². The zero-order valence-corrected chi connectivity index (χ0v) is 16.3. The number of nitrogens with one attached hydrogen (secondary N) is 1. The first-order chi connectivity index (χ1) is 15.0. The van der Waals surface area contributed by atoms with E-state index in [9.17, 15) is 14.4 Å². The first-order valence-corrected chi connectivity index (χ1v) is 9.16. The Bertz CT molecular complexity index is 1250. The van der Waals surface area contributed by atoms with Crippen molar-refractivity contribution < 1.29 is 23.5 Å². The number of carbonyl (C=O) groups is 3. The number of furan rings is 1. The lowest BCUT2D eigenvalue weighted by Crippen LogP contribution is -2.54. The average molecular weight is 413 g/mol.